The molecular weight excluding hydrogens is 208 g/mol. The number of rotatable bonds is 4. The van der Waals surface area contributed by atoms with Crippen LogP contribution in [0.15, 0.2) is 12.1 Å². The molecular formula is C12H16O4. The summed E-state index contributed by atoms with van der Waals surface area (Å²) < 4.78 is 4.51. The zero-order valence-corrected chi connectivity index (χ0v) is 9.49. The van der Waals surface area contributed by atoms with E-state index < -0.39 is 6.16 Å². The van der Waals surface area contributed by atoms with Crippen molar-refractivity contribution < 1.29 is 19.7 Å². The van der Waals surface area contributed by atoms with Crippen molar-refractivity contribution in [2.24, 2.45) is 0 Å². The van der Waals surface area contributed by atoms with Gasteiger partial charge in [0.15, 0.2) is 11.5 Å². The van der Waals surface area contributed by atoms with Crippen molar-refractivity contribution in [3.8, 4) is 11.5 Å². The van der Waals surface area contributed by atoms with Gasteiger partial charge in [-0.3, -0.25) is 0 Å². The van der Waals surface area contributed by atoms with Crippen LogP contribution < -0.4 is 4.74 Å². The first-order valence-electron chi connectivity index (χ1n) is 5.27. The highest BCUT2D eigenvalue weighted by Gasteiger charge is 2.12. The molecule has 0 aromatic heterocycles. The number of aromatic hydroxyl groups is 1. The Labute approximate surface area is 94.5 Å². The van der Waals surface area contributed by atoms with Crippen LogP contribution in [-0.2, 0) is 6.42 Å². The Morgan fingerprint density at radius 3 is 2.69 bits per heavy atom. The third-order valence-electron chi connectivity index (χ3n) is 2.30. The Hall–Kier alpha value is -1.71. The maximum Gasteiger partial charge on any atom is 0.511 e. The second kappa shape index (κ2) is 5.39. The molecule has 0 saturated carbocycles. The van der Waals surface area contributed by atoms with E-state index in [1.165, 1.54) is 6.07 Å². The molecule has 0 aliphatic carbocycles. The standard InChI is InChI=1S/C12H16O4/c1-3-4-5-9-6-8(2)7-10(11(9)13)16-12(14)15/h6-7,13H,3-5H2,1-2H3,(H,14,15). The quantitative estimate of drug-likeness (QED) is 0.609. The molecule has 88 valence electrons. The van der Waals surface area contributed by atoms with Gasteiger partial charge in [0, 0.05) is 0 Å². The van der Waals surface area contributed by atoms with Gasteiger partial charge in [0.05, 0.1) is 0 Å². The SMILES string of the molecule is CCCCc1cc(C)cc(OC(=O)O)c1O. The minimum atomic E-state index is -1.41. The molecule has 0 bridgehead atoms. The molecule has 0 spiro atoms. The van der Waals surface area contributed by atoms with Crippen LogP contribution in [0.25, 0.3) is 0 Å². The fourth-order valence-electron chi connectivity index (χ4n) is 1.55. The molecule has 1 aromatic rings. The molecule has 2 N–H and O–H groups in total. The predicted octanol–water partition coefficient (Wildman–Crippen LogP) is 3.10. The summed E-state index contributed by atoms with van der Waals surface area (Å²) in [5.41, 5.74) is 1.61. The van der Waals surface area contributed by atoms with Crippen LogP contribution in [0.3, 0.4) is 0 Å². The zero-order chi connectivity index (χ0) is 12.1. The van der Waals surface area contributed by atoms with Gasteiger partial charge in [-0.05, 0) is 37.0 Å². The molecule has 0 amide bonds. The van der Waals surface area contributed by atoms with Gasteiger partial charge in [0.1, 0.15) is 0 Å². The Morgan fingerprint density at radius 1 is 1.44 bits per heavy atom. The molecule has 1 rings (SSSR count). The smallest absolute Gasteiger partial charge is 0.504 e. The number of benzene rings is 1. The summed E-state index contributed by atoms with van der Waals surface area (Å²) in [4.78, 5) is 10.4. The van der Waals surface area contributed by atoms with Crippen LogP contribution in [0.4, 0.5) is 4.79 Å². The second-order valence-corrected chi connectivity index (χ2v) is 3.74. The van der Waals surface area contributed by atoms with Crippen molar-refractivity contribution in [1.82, 2.24) is 0 Å². The average molecular weight is 224 g/mol. The van der Waals surface area contributed by atoms with Crippen molar-refractivity contribution in [2.75, 3.05) is 0 Å². The molecule has 0 aliphatic rings. The van der Waals surface area contributed by atoms with Gasteiger partial charge in [-0.2, -0.15) is 0 Å². The second-order valence-electron chi connectivity index (χ2n) is 3.74. The van der Waals surface area contributed by atoms with E-state index in [-0.39, 0.29) is 11.5 Å². The third-order valence-corrected chi connectivity index (χ3v) is 2.30. The van der Waals surface area contributed by atoms with Crippen molar-refractivity contribution in [2.45, 2.75) is 33.1 Å². The first-order chi connectivity index (χ1) is 7.54. The summed E-state index contributed by atoms with van der Waals surface area (Å²) in [7, 11) is 0. The third kappa shape index (κ3) is 3.15. The summed E-state index contributed by atoms with van der Waals surface area (Å²) in [6.45, 7) is 3.89. The molecule has 0 heterocycles. The van der Waals surface area contributed by atoms with Gasteiger partial charge in [0.2, 0.25) is 0 Å². The Kier molecular flexibility index (Phi) is 4.17. The average Bonchev–Trinajstić information content (AvgIpc) is 2.20. The van der Waals surface area contributed by atoms with E-state index in [0.717, 1.165) is 30.4 Å². The van der Waals surface area contributed by atoms with Crippen LogP contribution in [0.5, 0.6) is 11.5 Å². The molecule has 0 fully saturated rings. The molecule has 0 unspecified atom stereocenters. The van der Waals surface area contributed by atoms with Crippen molar-refractivity contribution in [3.05, 3.63) is 23.3 Å². The maximum absolute atomic E-state index is 10.4. The van der Waals surface area contributed by atoms with E-state index in [4.69, 9.17) is 5.11 Å². The lowest BCUT2D eigenvalue weighted by molar-refractivity contribution is 0.143. The van der Waals surface area contributed by atoms with Crippen LogP contribution in [0.2, 0.25) is 0 Å². The molecule has 0 aliphatic heterocycles. The molecule has 4 nitrogen and oxygen atoms in total. The number of aryl methyl sites for hydroxylation is 2. The summed E-state index contributed by atoms with van der Waals surface area (Å²) in [5.74, 6) is -0.0555. The van der Waals surface area contributed by atoms with Gasteiger partial charge in [-0.15, -0.1) is 0 Å². The first-order valence-corrected chi connectivity index (χ1v) is 5.27. The molecule has 0 radical (unpaired) electrons. The van der Waals surface area contributed by atoms with Crippen LogP contribution in [0, 0.1) is 6.92 Å². The van der Waals surface area contributed by atoms with Crippen molar-refractivity contribution in [1.29, 1.82) is 0 Å². The first kappa shape index (κ1) is 12.4. The molecule has 4 heteroatoms. The lowest BCUT2D eigenvalue weighted by Gasteiger charge is -2.09. The number of unbranched alkanes of at least 4 members (excludes halogenated alkanes) is 1. The Balaban J connectivity index is 3.00. The predicted molar refractivity (Wildman–Crippen MR) is 60.1 cm³/mol. The number of hydrogen-bond donors (Lipinski definition) is 2. The molecule has 1 aromatic carbocycles. The number of carbonyl (C=O) groups is 1. The highest BCUT2D eigenvalue weighted by atomic mass is 16.7. The fraction of sp³-hybridized carbons (Fsp3) is 0.417. The van der Waals surface area contributed by atoms with E-state index in [2.05, 4.69) is 11.7 Å². The number of phenolic OH excluding ortho intramolecular Hbond substituents is 1. The topological polar surface area (TPSA) is 66.8 Å². The minimum absolute atomic E-state index is 0.0126. The van der Waals surface area contributed by atoms with E-state index in [9.17, 15) is 9.90 Å². The van der Waals surface area contributed by atoms with E-state index in [1.54, 1.807) is 0 Å². The lowest BCUT2D eigenvalue weighted by atomic mass is 10.0. The van der Waals surface area contributed by atoms with Gasteiger partial charge in [0.25, 0.3) is 0 Å². The van der Waals surface area contributed by atoms with Crippen molar-refractivity contribution in [3.63, 3.8) is 0 Å². The zero-order valence-electron chi connectivity index (χ0n) is 9.49. The van der Waals surface area contributed by atoms with Gasteiger partial charge >= 0.3 is 6.16 Å². The van der Waals surface area contributed by atoms with Crippen LogP contribution in [0.1, 0.15) is 30.9 Å². The molecule has 0 saturated heterocycles. The monoisotopic (exact) mass is 224 g/mol. The Bertz CT molecular complexity index is 385. The Morgan fingerprint density at radius 2 is 2.12 bits per heavy atom. The van der Waals surface area contributed by atoms with Gasteiger partial charge in [-0.25, -0.2) is 4.79 Å². The van der Waals surface area contributed by atoms with E-state index >= 15 is 0 Å². The summed E-state index contributed by atoms with van der Waals surface area (Å²) in [6, 6.07) is 3.36. The highest BCUT2D eigenvalue weighted by Crippen LogP contribution is 2.32. The fourth-order valence-corrected chi connectivity index (χ4v) is 1.55. The minimum Gasteiger partial charge on any atom is -0.504 e. The van der Waals surface area contributed by atoms with Gasteiger partial charge < -0.3 is 14.9 Å². The normalized spacial score (nSPS) is 10.1. The number of ether oxygens (including phenoxy) is 1. The highest BCUT2D eigenvalue weighted by molar-refractivity contribution is 5.64. The van der Waals surface area contributed by atoms with Gasteiger partial charge in [-0.1, -0.05) is 19.4 Å². The van der Waals surface area contributed by atoms with Crippen LogP contribution in [-0.4, -0.2) is 16.4 Å². The van der Waals surface area contributed by atoms with E-state index in [0.29, 0.717) is 0 Å². The summed E-state index contributed by atoms with van der Waals surface area (Å²) >= 11 is 0. The molecule has 0 atom stereocenters. The number of carboxylic acid groups (broad SMARTS) is 1. The maximum atomic E-state index is 10.4. The number of phenols is 1. The molecule has 16 heavy (non-hydrogen) atoms. The number of hydrogen-bond acceptors (Lipinski definition) is 3. The van der Waals surface area contributed by atoms with Crippen LogP contribution >= 0.6 is 0 Å². The largest absolute Gasteiger partial charge is 0.511 e. The van der Waals surface area contributed by atoms with Crippen molar-refractivity contribution >= 4 is 6.16 Å². The van der Waals surface area contributed by atoms with E-state index in [1.807, 2.05) is 13.0 Å². The summed E-state index contributed by atoms with van der Waals surface area (Å²) in [5, 5.41) is 18.3. The lowest BCUT2D eigenvalue weighted by Crippen LogP contribution is -2.04. The summed E-state index contributed by atoms with van der Waals surface area (Å²) in [6.07, 6.45) is 1.27.